The predicted molar refractivity (Wildman–Crippen MR) is 69.0 cm³/mol. The molecule has 0 radical (unpaired) electrons. The second-order valence-corrected chi connectivity index (χ2v) is 6.27. The third-order valence-corrected chi connectivity index (χ3v) is 3.49. The fourth-order valence-electron chi connectivity index (χ4n) is 2.37. The van der Waals surface area contributed by atoms with Crippen molar-refractivity contribution >= 4 is 11.9 Å². The summed E-state index contributed by atoms with van der Waals surface area (Å²) in [4.78, 5) is 23.3. The number of carboxylic acids is 1. The number of hydrogen-bond donors (Lipinski definition) is 3. The number of nitrogens with two attached hydrogens (primary N) is 1. The molecule has 1 rings (SSSR count). The van der Waals surface area contributed by atoms with E-state index in [0.717, 1.165) is 19.3 Å². The van der Waals surface area contributed by atoms with Crippen LogP contribution in [0.25, 0.3) is 0 Å². The van der Waals surface area contributed by atoms with Gasteiger partial charge >= 0.3 is 5.97 Å². The largest absolute Gasteiger partial charge is 0.480 e. The fraction of sp³-hybridized carbons (Fsp3) is 0.846. The van der Waals surface area contributed by atoms with Gasteiger partial charge < -0.3 is 16.2 Å². The summed E-state index contributed by atoms with van der Waals surface area (Å²) in [5.41, 5.74) is 5.34. The Morgan fingerprint density at radius 1 is 1.33 bits per heavy atom. The van der Waals surface area contributed by atoms with Gasteiger partial charge in [0.2, 0.25) is 5.91 Å². The van der Waals surface area contributed by atoms with Gasteiger partial charge in [0.25, 0.3) is 0 Å². The molecule has 0 saturated heterocycles. The van der Waals surface area contributed by atoms with Gasteiger partial charge in [-0.2, -0.15) is 0 Å². The van der Waals surface area contributed by atoms with Crippen molar-refractivity contribution in [1.82, 2.24) is 5.32 Å². The van der Waals surface area contributed by atoms with Crippen molar-refractivity contribution in [3.05, 3.63) is 0 Å². The number of amides is 1. The summed E-state index contributed by atoms with van der Waals surface area (Å²) in [7, 11) is 0. The maximum Gasteiger partial charge on any atom is 0.326 e. The smallest absolute Gasteiger partial charge is 0.326 e. The Bertz CT molecular complexity index is 323. The van der Waals surface area contributed by atoms with Crippen molar-refractivity contribution in [1.29, 1.82) is 0 Å². The van der Waals surface area contributed by atoms with Crippen LogP contribution in [-0.2, 0) is 9.59 Å². The molecular weight excluding hydrogens is 232 g/mol. The molecule has 1 aliphatic rings. The SMILES string of the molecule is CC(C)(C)[C@H](NC(=O)C1CCCC(N)C1)C(=O)O. The highest BCUT2D eigenvalue weighted by Gasteiger charge is 2.35. The lowest BCUT2D eigenvalue weighted by Gasteiger charge is -2.31. The lowest BCUT2D eigenvalue weighted by atomic mass is 9.83. The van der Waals surface area contributed by atoms with Crippen LogP contribution in [0, 0.1) is 11.3 Å². The van der Waals surface area contributed by atoms with E-state index in [2.05, 4.69) is 5.32 Å². The Morgan fingerprint density at radius 2 is 1.94 bits per heavy atom. The Labute approximate surface area is 108 Å². The molecule has 104 valence electrons. The fourth-order valence-corrected chi connectivity index (χ4v) is 2.37. The predicted octanol–water partition coefficient (Wildman–Crippen LogP) is 1.12. The zero-order chi connectivity index (χ0) is 13.9. The number of carbonyl (C=O) groups is 2. The highest BCUT2D eigenvalue weighted by atomic mass is 16.4. The number of aliphatic carboxylic acids is 1. The average molecular weight is 256 g/mol. The number of rotatable bonds is 3. The molecule has 0 bridgehead atoms. The first-order chi connectivity index (χ1) is 8.21. The molecule has 1 aliphatic carbocycles. The standard InChI is InChI=1S/C13H24N2O3/c1-13(2,3)10(12(17)18)15-11(16)8-5-4-6-9(14)7-8/h8-10H,4-7,14H2,1-3H3,(H,15,16)(H,17,18)/t8?,9?,10-/m1/s1. The Hall–Kier alpha value is -1.10. The summed E-state index contributed by atoms with van der Waals surface area (Å²) in [5.74, 6) is -1.30. The molecule has 1 saturated carbocycles. The molecule has 0 aliphatic heterocycles. The van der Waals surface area contributed by atoms with E-state index in [4.69, 9.17) is 10.8 Å². The lowest BCUT2D eigenvalue weighted by Crippen LogP contribution is -2.51. The van der Waals surface area contributed by atoms with E-state index in [9.17, 15) is 9.59 Å². The highest BCUT2D eigenvalue weighted by Crippen LogP contribution is 2.25. The van der Waals surface area contributed by atoms with Gasteiger partial charge in [-0.05, 0) is 24.7 Å². The molecule has 0 heterocycles. The van der Waals surface area contributed by atoms with Gasteiger partial charge in [-0.3, -0.25) is 4.79 Å². The van der Waals surface area contributed by atoms with Crippen LogP contribution in [0.15, 0.2) is 0 Å². The van der Waals surface area contributed by atoms with Crippen molar-refractivity contribution in [2.45, 2.75) is 58.5 Å². The third kappa shape index (κ3) is 3.98. The van der Waals surface area contributed by atoms with Crippen molar-refractivity contribution < 1.29 is 14.7 Å². The van der Waals surface area contributed by atoms with Crippen LogP contribution in [-0.4, -0.2) is 29.1 Å². The topological polar surface area (TPSA) is 92.4 Å². The molecule has 0 aromatic carbocycles. The lowest BCUT2D eigenvalue weighted by molar-refractivity contribution is -0.145. The summed E-state index contributed by atoms with van der Waals surface area (Å²) < 4.78 is 0. The summed E-state index contributed by atoms with van der Waals surface area (Å²) in [6.45, 7) is 5.41. The van der Waals surface area contributed by atoms with Crippen molar-refractivity contribution in [2.75, 3.05) is 0 Å². The molecule has 1 amide bonds. The van der Waals surface area contributed by atoms with Gasteiger partial charge in [-0.1, -0.05) is 27.2 Å². The summed E-state index contributed by atoms with van der Waals surface area (Å²) >= 11 is 0. The zero-order valence-corrected chi connectivity index (χ0v) is 11.4. The van der Waals surface area contributed by atoms with Gasteiger partial charge in [0, 0.05) is 12.0 Å². The molecule has 0 spiro atoms. The second-order valence-electron chi connectivity index (χ2n) is 6.27. The van der Waals surface area contributed by atoms with Crippen LogP contribution in [0.5, 0.6) is 0 Å². The number of hydrogen-bond acceptors (Lipinski definition) is 3. The third-order valence-electron chi connectivity index (χ3n) is 3.49. The molecule has 4 N–H and O–H groups in total. The maximum absolute atomic E-state index is 12.1. The monoisotopic (exact) mass is 256 g/mol. The van der Waals surface area contributed by atoms with E-state index < -0.39 is 17.4 Å². The van der Waals surface area contributed by atoms with E-state index in [1.807, 2.05) is 0 Å². The molecule has 3 atom stereocenters. The first-order valence-electron chi connectivity index (χ1n) is 6.50. The Balaban J connectivity index is 2.64. The quantitative estimate of drug-likeness (QED) is 0.705. The van der Waals surface area contributed by atoms with Crippen LogP contribution >= 0.6 is 0 Å². The number of nitrogens with one attached hydrogen (secondary N) is 1. The van der Waals surface area contributed by atoms with Gasteiger partial charge in [0.05, 0.1) is 0 Å². The zero-order valence-electron chi connectivity index (χ0n) is 11.4. The van der Waals surface area contributed by atoms with Crippen LogP contribution in [0.3, 0.4) is 0 Å². The first-order valence-corrected chi connectivity index (χ1v) is 6.50. The van der Waals surface area contributed by atoms with Crippen molar-refractivity contribution in [2.24, 2.45) is 17.1 Å². The highest BCUT2D eigenvalue weighted by molar-refractivity contribution is 5.85. The van der Waals surface area contributed by atoms with Gasteiger partial charge in [0.1, 0.15) is 6.04 Å². The van der Waals surface area contributed by atoms with E-state index >= 15 is 0 Å². The Morgan fingerprint density at radius 3 is 2.39 bits per heavy atom. The Kier molecular flexibility index (Phi) is 4.73. The molecule has 2 unspecified atom stereocenters. The van der Waals surface area contributed by atoms with Crippen LogP contribution in [0.1, 0.15) is 46.5 Å². The molecule has 1 fully saturated rings. The summed E-state index contributed by atoms with van der Waals surface area (Å²) in [6.07, 6.45) is 3.34. The second kappa shape index (κ2) is 5.69. The number of carboxylic acid groups (broad SMARTS) is 1. The normalized spacial score (nSPS) is 26.4. The minimum absolute atomic E-state index is 0.0624. The van der Waals surface area contributed by atoms with E-state index in [1.54, 1.807) is 20.8 Å². The van der Waals surface area contributed by atoms with E-state index in [-0.39, 0.29) is 17.9 Å². The van der Waals surface area contributed by atoms with Crippen molar-refractivity contribution in [3.63, 3.8) is 0 Å². The van der Waals surface area contributed by atoms with E-state index in [0.29, 0.717) is 6.42 Å². The molecule has 5 heteroatoms. The first kappa shape index (κ1) is 15.0. The van der Waals surface area contributed by atoms with Crippen LogP contribution in [0.4, 0.5) is 0 Å². The molecule has 0 aromatic heterocycles. The minimum atomic E-state index is -0.990. The average Bonchev–Trinajstić information content (AvgIpc) is 2.23. The van der Waals surface area contributed by atoms with Gasteiger partial charge in [-0.15, -0.1) is 0 Å². The molecule has 5 nitrogen and oxygen atoms in total. The van der Waals surface area contributed by atoms with Crippen molar-refractivity contribution in [3.8, 4) is 0 Å². The van der Waals surface area contributed by atoms with Gasteiger partial charge in [-0.25, -0.2) is 4.79 Å². The molecular formula is C13H24N2O3. The van der Waals surface area contributed by atoms with E-state index in [1.165, 1.54) is 0 Å². The van der Waals surface area contributed by atoms with Crippen LogP contribution < -0.4 is 11.1 Å². The molecule has 0 aromatic rings. The van der Waals surface area contributed by atoms with Crippen LogP contribution in [0.2, 0.25) is 0 Å². The number of carbonyl (C=O) groups excluding carboxylic acids is 1. The minimum Gasteiger partial charge on any atom is -0.480 e. The van der Waals surface area contributed by atoms with Gasteiger partial charge in [0.15, 0.2) is 0 Å². The summed E-state index contributed by atoms with van der Waals surface area (Å²) in [5, 5.41) is 11.8. The summed E-state index contributed by atoms with van der Waals surface area (Å²) in [6, 6.07) is -0.796. The molecule has 18 heavy (non-hydrogen) atoms. The maximum atomic E-state index is 12.1.